The van der Waals surface area contributed by atoms with Gasteiger partial charge in [-0.05, 0) is 18.6 Å². The van der Waals surface area contributed by atoms with Gasteiger partial charge in [-0.15, -0.1) is 0 Å². The van der Waals surface area contributed by atoms with Crippen LogP contribution in [0.4, 0.5) is 0 Å². The van der Waals surface area contributed by atoms with Crippen molar-refractivity contribution in [3.8, 4) is 5.69 Å². The number of ether oxygens (including phenoxy) is 1. The number of rotatable bonds is 5. The van der Waals surface area contributed by atoms with Crippen LogP contribution in [0.25, 0.3) is 5.69 Å². The second-order valence-corrected chi connectivity index (χ2v) is 5.75. The third kappa shape index (κ3) is 3.00. The Hall–Kier alpha value is -2.74. The van der Waals surface area contributed by atoms with Crippen molar-refractivity contribution in [2.45, 2.75) is 25.2 Å². The van der Waals surface area contributed by atoms with Crippen LogP contribution in [0.3, 0.4) is 0 Å². The zero-order valence-corrected chi connectivity index (χ0v) is 13.0. The van der Waals surface area contributed by atoms with Crippen LogP contribution in [0, 0.1) is 0 Å². The summed E-state index contributed by atoms with van der Waals surface area (Å²) in [5.74, 6) is 2.44. The molecule has 1 N–H and O–H groups in total. The van der Waals surface area contributed by atoms with Crippen molar-refractivity contribution in [3.63, 3.8) is 0 Å². The van der Waals surface area contributed by atoms with Crippen molar-refractivity contribution in [1.82, 2.24) is 24.9 Å². The van der Waals surface area contributed by atoms with Crippen LogP contribution in [-0.4, -0.2) is 38.1 Å². The third-order valence-corrected chi connectivity index (χ3v) is 4.05. The Morgan fingerprint density at radius 3 is 3.04 bits per heavy atom. The summed E-state index contributed by atoms with van der Waals surface area (Å²) >= 11 is 0. The fourth-order valence-electron chi connectivity index (χ4n) is 2.80. The van der Waals surface area contributed by atoms with Crippen LogP contribution < -0.4 is 5.56 Å². The highest BCUT2D eigenvalue weighted by molar-refractivity contribution is 5.28. The van der Waals surface area contributed by atoms with Gasteiger partial charge in [0.1, 0.15) is 11.6 Å². The third-order valence-electron chi connectivity index (χ3n) is 4.05. The van der Waals surface area contributed by atoms with E-state index in [0.717, 1.165) is 30.4 Å². The van der Waals surface area contributed by atoms with Crippen LogP contribution in [-0.2, 0) is 17.6 Å². The van der Waals surface area contributed by atoms with Gasteiger partial charge in [-0.25, -0.2) is 9.67 Å². The standard InChI is InChI=1S/C16H17N5O3/c22-15-8-13(24-20-15)3-4-14-18-16(11-5-7-23-10-11)19-21(14)12-2-1-6-17-9-12/h1-2,6,8-9,11H,3-5,7,10H2,(H,20,22). The molecule has 4 heterocycles. The molecule has 0 aromatic carbocycles. The average molecular weight is 327 g/mol. The number of aromatic amines is 1. The van der Waals surface area contributed by atoms with Crippen LogP contribution >= 0.6 is 0 Å². The van der Waals surface area contributed by atoms with E-state index in [4.69, 9.17) is 14.2 Å². The molecule has 1 aliphatic rings. The van der Waals surface area contributed by atoms with Crippen LogP contribution in [0.15, 0.2) is 39.9 Å². The van der Waals surface area contributed by atoms with Gasteiger partial charge < -0.3 is 9.26 Å². The molecule has 0 radical (unpaired) electrons. The van der Waals surface area contributed by atoms with E-state index in [9.17, 15) is 4.79 Å². The lowest BCUT2D eigenvalue weighted by Crippen LogP contribution is -2.05. The molecule has 8 nitrogen and oxygen atoms in total. The van der Waals surface area contributed by atoms with Gasteiger partial charge in [0.25, 0.3) is 5.56 Å². The molecule has 1 fully saturated rings. The van der Waals surface area contributed by atoms with E-state index >= 15 is 0 Å². The number of hydrogen-bond acceptors (Lipinski definition) is 6. The summed E-state index contributed by atoms with van der Waals surface area (Å²) < 4.78 is 12.4. The molecule has 0 aliphatic carbocycles. The van der Waals surface area contributed by atoms with E-state index in [1.165, 1.54) is 6.07 Å². The number of pyridine rings is 1. The quantitative estimate of drug-likeness (QED) is 0.757. The number of aryl methyl sites for hydroxylation is 2. The number of H-pyrrole nitrogens is 1. The molecule has 1 unspecified atom stereocenters. The molecule has 4 rings (SSSR count). The van der Waals surface area contributed by atoms with Crippen molar-refractivity contribution in [2.24, 2.45) is 0 Å². The molecule has 0 saturated carbocycles. The Morgan fingerprint density at radius 2 is 2.33 bits per heavy atom. The number of nitrogens with zero attached hydrogens (tertiary/aromatic N) is 4. The smallest absolute Gasteiger partial charge is 0.280 e. The number of hydrogen-bond donors (Lipinski definition) is 1. The molecular weight excluding hydrogens is 310 g/mol. The second-order valence-electron chi connectivity index (χ2n) is 5.75. The van der Waals surface area contributed by atoms with Gasteiger partial charge in [-0.2, -0.15) is 10.3 Å². The lowest BCUT2D eigenvalue weighted by Gasteiger charge is -2.04. The lowest BCUT2D eigenvalue weighted by atomic mass is 10.1. The maximum Gasteiger partial charge on any atom is 0.280 e. The summed E-state index contributed by atoms with van der Waals surface area (Å²) in [7, 11) is 0. The monoisotopic (exact) mass is 327 g/mol. The van der Waals surface area contributed by atoms with E-state index in [-0.39, 0.29) is 11.5 Å². The highest BCUT2D eigenvalue weighted by Crippen LogP contribution is 2.24. The summed E-state index contributed by atoms with van der Waals surface area (Å²) in [6.07, 6.45) is 5.58. The molecule has 0 amide bonds. The molecule has 1 saturated heterocycles. The van der Waals surface area contributed by atoms with E-state index in [1.807, 2.05) is 16.8 Å². The summed E-state index contributed by atoms with van der Waals surface area (Å²) in [6, 6.07) is 5.26. The molecule has 8 heteroatoms. The first-order valence-electron chi connectivity index (χ1n) is 7.91. The predicted octanol–water partition coefficient (Wildman–Crippen LogP) is 1.23. The minimum absolute atomic E-state index is 0.229. The Balaban J connectivity index is 1.63. The topological polar surface area (TPSA) is 98.8 Å². The highest BCUT2D eigenvalue weighted by Gasteiger charge is 2.24. The van der Waals surface area contributed by atoms with E-state index in [1.54, 1.807) is 12.4 Å². The molecule has 124 valence electrons. The Labute approximate surface area is 137 Å². The van der Waals surface area contributed by atoms with Gasteiger partial charge in [0.2, 0.25) is 0 Å². The summed E-state index contributed by atoms with van der Waals surface area (Å²) in [5, 5.41) is 6.97. The van der Waals surface area contributed by atoms with Crippen LogP contribution in [0.1, 0.15) is 29.7 Å². The SMILES string of the molecule is O=c1cc(CCc2nc(C3CCOC3)nn2-c2cccnc2)o[nH]1. The van der Waals surface area contributed by atoms with Crippen molar-refractivity contribution < 1.29 is 9.26 Å². The summed E-state index contributed by atoms with van der Waals surface area (Å²) in [5.41, 5.74) is 0.628. The minimum atomic E-state index is -0.234. The van der Waals surface area contributed by atoms with Crippen molar-refractivity contribution in [3.05, 3.63) is 58.4 Å². The van der Waals surface area contributed by atoms with Crippen LogP contribution in [0.2, 0.25) is 0 Å². The number of nitrogens with one attached hydrogen (secondary N) is 1. The molecule has 0 bridgehead atoms. The van der Waals surface area contributed by atoms with Gasteiger partial charge in [-0.1, -0.05) is 0 Å². The van der Waals surface area contributed by atoms with Crippen molar-refractivity contribution in [1.29, 1.82) is 0 Å². The molecule has 3 aromatic heterocycles. The molecule has 1 aliphatic heterocycles. The maximum atomic E-state index is 11.2. The van der Waals surface area contributed by atoms with Crippen molar-refractivity contribution >= 4 is 0 Å². The first kappa shape index (κ1) is 14.8. The zero-order chi connectivity index (χ0) is 16.4. The van der Waals surface area contributed by atoms with Gasteiger partial charge in [-0.3, -0.25) is 9.78 Å². The van der Waals surface area contributed by atoms with Gasteiger partial charge in [0.05, 0.1) is 18.5 Å². The first-order valence-corrected chi connectivity index (χ1v) is 7.91. The molecule has 1 atom stereocenters. The highest BCUT2D eigenvalue weighted by atomic mass is 16.5. The predicted molar refractivity (Wildman–Crippen MR) is 84.1 cm³/mol. The van der Waals surface area contributed by atoms with E-state index in [2.05, 4.69) is 15.2 Å². The Kier molecular flexibility index (Phi) is 3.96. The minimum Gasteiger partial charge on any atom is -0.384 e. The van der Waals surface area contributed by atoms with E-state index in [0.29, 0.717) is 25.2 Å². The Bertz CT molecular complexity index is 861. The molecule has 0 spiro atoms. The fraction of sp³-hybridized carbons (Fsp3) is 0.375. The lowest BCUT2D eigenvalue weighted by molar-refractivity contribution is 0.193. The van der Waals surface area contributed by atoms with Crippen LogP contribution in [0.5, 0.6) is 0 Å². The summed E-state index contributed by atoms with van der Waals surface area (Å²) in [6.45, 7) is 1.40. The zero-order valence-electron chi connectivity index (χ0n) is 13.0. The average Bonchev–Trinajstić information content (AvgIpc) is 3.34. The van der Waals surface area contributed by atoms with Gasteiger partial charge in [0.15, 0.2) is 5.82 Å². The van der Waals surface area contributed by atoms with Crippen molar-refractivity contribution in [2.75, 3.05) is 13.2 Å². The van der Waals surface area contributed by atoms with E-state index < -0.39 is 0 Å². The second kappa shape index (κ2) is 6.40. The molecular formula is C16H17N5O3. The summed E-state index contributed by atoms with van der Waals surface area (Å²) in [4.78, 5) is 20.0. The number of aromatic nitrogens is 5. The largest absolute Gasteiger partial charge is 0.384 e. The van der Waals surface area contributed by atoms with Gasteiger partial charge in [0, 0.05) is 37.6 Å². The Morgan fingerprint density at radius 1 is 1.38 bits per heavy atom. The fourth-order valence-corrected chi connectivity index (χ4v) is 2.80. The molecule has 24 heavy (non-hydrogen) atoms. The maximum absolute atomic E-state index is 11.2. The first-order chi connectivity index (χ1) is 11.8. The molecule has 3 aromatic rings. The normalized spacial score (nSPS) is 17.4. The van der Waals surface area contributed by atoms with Gasteiger partial charge >= 0.3 is 0 Å².